The Morgan fingerprint density at radius 1 is 1.38 bits per heavy atom. The Morgan fingerprint density at radius 2 is 2.15 bits per heavy atom. The van der Waals surface area contributed by atoms with E-state index in [2.05, 4.69) is 41.3 Å². The molecule has 6 nitrogen and oxygen atoms in total. The number of guanidine groups is 1. The summed E-state index contributed by atoms with van der Waals surface area (Å²) in [4.78, 5) is 16.2. The number of allylic oxidation sites excluding steroid dienone is 1. The first-order chi connectivity index (χ1) is 12.3. The van der Waals surface area contributed by atoms with Crippen LogP contribution < -0.4 is 10.6 Å². The molecule has 1 spiro atoms. The van der Waals surface area contributed by atoms with Crippen molar-refractivity contribution in [1.29, 1.82) is 0 Å². The van der Waals surface area contributed by atoms with Crippen LogP contribution in [0.1, 0.15) is 33.1 Å². The van der Waals surface area contributed by atoms with Gasteiger partial charge in [0.05, 0.1) is 18.2 Å². The smallest absolute Gasteiger partial charge is 0.334 e. The van der Waals surface area contributed by atoms with Crippen LogP contribution in [0.3, 0.4) is 0 Å². The number of carboxylic acid groups (broad SMARTS) is 1. The van der Waals surface area contributed by atoms with Crippen molar-refractivity contribution in [2.24, 2.45) is 33.6 Å². The van der Waals surface area contributed by atoms with Crippen LogP contribution >= 0.6 is 0 Å². The van der Waals surface area contributed by atoms with Gasteiger partial charge in [-0.2, -0.15) is 0 Å². The zero-order valence-corrected chi connectivity index (χ0v) is 15.6. The zero-order valence-electron chi connectivity index (χ0n) is 15.6. The van der Waals surface area contributed by atoms with Crippen molar-refractivity contribution in [3.63, 3.8) is 0 Å². The summed E-state index contributed by atoms with van der Waals surface area (Å²) in [6.07, 6.45) is 1.32. The summed E-state index contributed by atoms with van der Waals surface area (Å²) in [7, 11) is 1.74. The van der Waals surface area contributed by atoms with E-state index < -0.39 is 12.1 Å². The van der Waals surface area contributed by atoms with Gasteiger partial charge in [0.25, 0.3) is 0 Å². The summed E-state index contributed by atoms with van der Waals surface area (Å²) in [5, 5.41) is 27.0. The number of aliphatic imine (C=N–C) groups is 1. The number of carbonyl (C=O) groups is 1. The quantitative estimate of drug-likeness (QED) is 0.525. The van der Waals surface area contributed by atoms with Crippen molar-refractivity contribution in [3.05, 3.63) is 11.1 Å². The molecule has 2 saturated carbocycles. The number of hydrogen-bond donors (Lipinski definition) is 4. The molecule has 0 saturated heterocycles. The van der Waals surface area contributed by atoms with E-state index in [0.29, 0.717) is 25.4 Å². The number of nitrogens with zero attached hydrogens (tertiary/aromatic N) is 1. The Labute approximate surface area is 154 Å². The molecule has 1 heterocycles. The van der Waals surface area contributed by atoms with Crippen molar-refractivity contribution in [3.8, 4) is 11.8 Å². The Bertz CT molecular complexity index is 777. The second kappa shape index (κ2) is 5.75. The average molecular weight is 357 g/mol. The van der Waals surface area contributed by atoms with Gasteiger partial charge in [-0.25, -0.2) is 4.79 Å². The third-order valence-corrected chi connectivity index (χ3v) is 7.62. The Hall–Kier alpha value is -2.00. The van der Waals surface area contributed by atoms with Gasteiger partial charge in [-0.1, -0.05) is 25.7 Å². The van der Waals surface area contributed by atoms with Crippen molar-refractivity contribution in [1.82, 2.24) is 10.6 Å². The van der Waals surface area contributed by atoms with Crippen LogP contribution in [0.4, 0.5) is 0 Å². The molecule has 1 aliphatic heterocycles. The fourth-order valence-corrected chi connectivity index (χ4v) is 6.53. The average Bonchev–Trinajstić information content (AvgIpc) is 2.97. The summed E-state index contributed by atoms with van der Waals surface area (Å²) in [6, 6.07) is 0. The lowest BCUT2D eigenvalue weighted by Crippen LogP contribution is -2.57. The highest BCUT2D eigenvalue weighted by Crippen LogP contribution is 2.73. The number of hydrogen-bond acceptors (Lipinski definition) is 3. The van der Waals surface area contributed by atoms with Crippen LogP contribution in [0.25, 0.3) is 0 Å². The van der Waals surface area contributed by atoms with Gasteiger partial charge in [-0.15, -0.1) is 0 Å². The maximum Gasteiger partial charge on any atom is 0.334 e. The molecule has 0 radical (unpaired) electrons. The summed E-state index contributed by atoms with van der Waals surface area (Å²) < 4.78 is 0. The molecule has 6 heteroatoms. The third-order valence-electron chi connectivity index (χ3n) is 7.62. The lowest BCUT2D eigenvalue weighted by atomic mass is 9.49. The third kappa shape index (κ3) is 2.04. The number of aliphatic carboxylic acids is 1. The Kier molecular flexibility index (Phi) is 3.85. The number of nitrogens with one attached hydrogen (secondary N) is 2. The minimum Gasteiger partial charge on any atom is -0.478 e. The lowest BCUT2D eigenvalue weighted by molar-refractivity contribution is -0.133. The van der Waals surface area contributed by atoms with Crippen LogP contribution in [-0.4, -0.2) is 48.4 Å². The van der Waals surface area contributed by atoms with Gasteiger partial charge in [0.15, 0.2) is 5.96 Å². The van der Waals surface area contributed by atoms with E-state index in [1.807, 2.05) is 0 Å². The SMILES string of the molecule is CN=C1NCC#CC2CC(C)C34CC(O)C(C(=O)O)=C3CC2C4(C)CN1. The maximum absolute atomic E-state index is 11.9. The molecule has 0 aromatic heterocycles. The highest BCUT2D eigenvalue weighted by Gasteiger charge is 2.70. The van der Waals surface area contributed by atoms with Gasteiger partial charge >= 0.3 is 5.97 Å². The molecule has 4 aliphatic rings. The maximum atomic E-state index is 11.9. The summed E-state index contributed by atoms with van der Waals surface area (Å²) >= 11 is 0. The first-order valence-corrected chi connectivity index (χ1v) is 9.43. The van der Waals surface area contributed by atoms with Crippen LogP contribution in [0.15, 0.2) is 16.1 Å². The molecule has 26 heavy (non-hydrogen) atoms. The van der Waals surface area contributed by atoms with E-state index in [1.165, 1.54) is 0 Å². The number of aliphatic hydroxyl groups excluding tert-OH is 1. The topological polar surface area (TPSA) is 94.0 Å². The molecule has 3 aliphatic carbocycles. The van der Waals surface area contributed by atoms with Gasteiger partial charge < -0.3 is 20.8 Å². The van der Waals surface area contributed by atoms with Crippen LogP contribution in [0.5, 0.6) is 0 Å². The minimum absolute atomic E-state index is 0.174. The monoisotopic (exact) mass is 357 g/mol. The van der Waals surface area contributed by atoms with Gasteiger partial charge in [0.1, 0.15) is 0 Å². The standard InChI is InChI=1S/C20H27N3O3/c1-11-7-12-5-4-6-22-18(21-3)23-10-19(2)13(12)8-14-16(17(25)26)15(24)9-20(11,14)19/h11-13,15,24H,6-10H2,1-3H3,(H,25,26)(H2,21,22,23). The summed E-state index contributed by atoms with van der Waals surface area (Å²) in [5.41, 5.74) is 0.767. The molecule has 6 atom stereocenters. The van der Waals surface area contributed by atoms with E-state index in [1.54, 1.807) is 7.05 Å². The highest BCUT2D eigenvalue weighted by molar-refractivity contribution is 5.90. The fraction of sp³-hybridized carbons (Fsp3) is 0.700. The van der Waals surface area contributed by atoms with Crippen LogP contribution in [0, 0.1) is 40.4 Å². The Morgan fingerprint density at radius 3 is 2.85 bits per heavy atom. The molecule has 4 rings (SSSR count). The minimum atomic E-state index is -0.969. The summed E-state index contributed by atoms with van der Waals surface area (Å²) in [5.74, 6) is 7.29. The van der Waals surface area contributed by atoms with Crippen molar-refractivity contribution >= 4 is 11.9 Å². The number of carboxylic acids is 1. The highest BCUT2D eigenvalue weighted by atomic mass is 16.4. The number of rotatable bonds is 1. The predicted octanol–water partition coefficient (Wildman–Crippen LogP) is 0.983. The van der Waals surface area contributed by atoms with Crippen molar-refractivity contribution < 1.29 is 15.0 Å². The molecule has 4 bridgehead atoms. The molecule has 2 fully saturated rings. The van der Waals surface area contributed by atoms with Crippen LogP contribution in [0.2, 0.25) is 0 Å². The molecule has 0 aromatic carbocycles. The van der Waals surface area contributed by atoms with Crippen molar-refractivity contribution in [2.45, 2.75) is 39.2 Å². The number of aliphatic hydroxyl groups is 1. The Balaban J connectivity index is 1.89. The second-order valence-electron chi connectivity index (χ2n) is 8.46. The first kappa shape index (κ1) is 17.4. The second-order valence-corrected chi connectivity index (χ2v) is 8.46. The lowest BCUT2D eigenvalue weighted by Gasteiger charge is -2.55. The molecule has 6 unspecified atom stereocenters. The van der Waals surface area contributed by atoms with Gasteiger partial charge in [0.2, 0.25) is 0 Å². The fourth-order valence-electron chi connectivity index (χ4n) is 6.53. The molecule has 0 aromatic rings. The van der Waals surface area contributed by atoms with E-state index in [-0.39, 0.29) is 28.2 Å². The molecule has 0 amide bonds. The normalized spacial score (nSPS) is 45.3. The van der Waals surface area contributed by atoms with Gasteiger partial charge in [0, 0.05) is 24.9 Å². The van der Waals surface area contributed by atoms with Crippen LogP contribution in [-0.2, 0) is 4.79 Å². The van der Waals surface area contributed by atoms with E-state index in [0.717, 1.165) is 24.4 Å². The van der Waals surface area contributed by atoms with E-state index >= 15 is 0 Å². The predicted molar refractivity (Wildman–Crippen MR) is 98.3 cm³/mol. The largest absolute Gasteiger partial charge is 0.478 e. The molecule has 4 N–H and O–H groups in total. The van der Waals surface area contributed by atoms with Crippen molar-refractivity contribution in [2.75, 3.05) is 20.1 Å². The molecule has 140 valence electrons. The van der Waals surface area contributed by atoms with Gasteiger partial charge in [-0.3, -0.25) is 4.99 Å². The zero-order chi connectivity index (χ0) is 18.7. The van der Waals surface area contributed by atoms with E-state index in [9.17, 15) is 15.0 Å². The summed E-state index contributed by atoms with van der Waals surface area (Å²) in [6.45, 7) is 5.73. The molecular formula is C20H27N3O3. The molecular weight excluding hydrogens is 330 g/mol. The van der Waals surface area contributed by atoms with E-state index in [4.69, 9.17) is 0 Å². The first-order valence-electron chi connectivity index (χ1n) is 9.43. The van der Waals surface area contributed by atoms with Gasteiger partial charge in [-0.05, 0) is 42.1 Å².